The molecule has 2 unspecified atom stereocenters. The molecule has 2 atom stereocenters. The lowest BCUT2D eigenvalue weighted by atomic mass is 10.0. The van der Waals surface area contributed by atoms with Gasteiger partial charge >= 0.3 is 0 Å². The van der Waals surface area contributed by atoms with Crippen LogP contribution in [0.25, 0.3) is 0 Å². The second-order valence-electron chi connectivity index (χ2n) is 3.38. The van der Waals surface area contributed by atoms with E-state index in [4.69, 9.17) is 0 Å². The fraction of sp³-hybridized carbons (Fsp3) is 0.875. The van der Waals surface area contributed by atoms with Crippen molar-refractivity contribution in [2.24, 2.45) is 11.8 Å². The van der Waals surface area contributed by atoms with Crippen LogP contribution in [-0.4, -0.2) is 5.12 Å². The smallest absolute Gasteiger partial charge is 0.186 e. The summed E-state index contributed by atoms with van der Waals surface area (Å²) >= 11 is 3.76. The molecule has 1 saturated carbocycles. The van der Waals surface area contributed by atoms with Crippen LogP contribution in [0.5, 0.6) is 0 Å². The molecule has 58 valence electrons. The molecule has 0 N–H and O–H groups in total. The maximum absolute atomic E-state index is 10.6. The summed E-state index contributed by atoms with van der Waals surface area (Å²) < 4.78 is 0. The van der Waals surface area contributed by atoms with Crippen LogP contribution in [0.4, 0.5) is 0 Å². The predicted octanol–water partition coefficient (Wildman–Crippen LogP) is 2.27. The van der Waals surface area contributed by atoms with Crippen LogP contribution in [0.15, 0.2) is 0 Å². The molecular formula is C8H14OS. The van der Waals surface area contributed by atoms with Gasteiger partial charge in [-0.2, -0.15) is 0 Å². The minimum atomic E-state index is 0.0547. The first-order valence-corrected chi connectivity index (χ1v) is 4.35. The van der Waals surface area contributed by atoms with E-state index in [0.29, 0.717) is 12.3 Å². The Morgan fingerprint density at radius 1 is 1.60 bits per heavy atom. The topological polar surface area (TPSA) is 17.1 Å². The van der Waals surface area contributed by atoms with Crippen molar-refractivity contribution < 1.29 is 4.79 Å². The minimum absolute atomic E-state index is 0.0547. The van der Waals surface area contributed by atoms with Gasteiger partial charge in [-0.1, -0.05) is 13.3 Å². The molecule has 0 spiro atoms. The van der Waals surface area contributed by atoms with E-state index < -0.39 is 0 Å². The summed E-state index contributed by atoms with van der Waals surface area (Å²) in [5.74, 6) is 1.47. The monoisotopic (exact) mass is 158 g/mol. The maximum Gasteiger partial charge on any atom is 0.186 e. The van der Waals surface area contributed by atoms with Crippen molar-refractivity contribution in [3.05, 3.63) is 0 Å². The first kappa shape index (κ1) is 8.12. The SMILES string of the molecule is CC1CCC(CC(=O)S)C1. The maximum atomic E-state index is 10.6. The Bertz CT molecular complexity index is 133. The number of hydrogen-bond acceptors (Lipinski definition) is 1. The summed E-state index contributed by atoms with van der Waals surface area (Å²) in [4.78, 5) is 10.6. The van der Waals surface area contributed by atoms with E-state index in [1.54, 1.807) is 0 Å². The highest BCUT2D eigenvalue weighted by atomic mass is 32.1. The molecule has 0 aromatic heterocycles. The Balaban J connectivity index is 2.24. The van der Waals surface area contributed by atoms with Gasteiger partial charge in [0.2, 0.25) is 0 Å². The van der Waals surface area contributed by atoms with Crippen molar-refractivity contribution >= 4 is 17.7 Å². The van der Waals surface area contributed by atoms with Gasteiger partial charge in [0.05, 0.1) is 0 Å². The van der Waals surface area contributed by atoms with Crippen LogP contribution >= 0.6 is 12.6 Å². The standard InChI is InChI=1S/C8H14OS/c1-6-2-3-7(4-6)5-8(9)10/h6-7H,2-5H2,1H3,(H,9,10). The van der Waals surface area contributed by atoms with E-state index in [9.17, 15) is 4.79 Å². The van der Waals surface area contributed by atoms with Crippen LogP contribution in [-0.2, 0) is 4.79 Å². The lowest BCUT2D eigenvalue weighted by Crippen LogP contribution is -1.99. The molecule has 0 aromatic rings. The molecule has 1 fully saturated rings. The van der Waals surface area contributed by atoms with Crippen molar-refractivity contribution in [3.8, 4) is 0 Å². The number of thiol groups is 1. The van der Waals surface area contributed by atoms with Crippen LogP contribution in [0.3, 0.4) is 0 Å². The van der Waals surface area contributed by atoms with E-state index in [0.717, 1.165) is 5.92 Å². The molecule has 0 heterocycles. The molecule has 10 heavy (non-hydrogen) atoms. The molecule has 1 nitrogen and oxygen atoms in total. The highest BCUT2D eigenvalue weighted by molar-refractivity contribution is 7.96. The van der Waals surface area contributed by atoms with Gasteiger partial charge in [0, 0.05) is 6.42 Å². The predicted molar refractivity (Wildman–Crippen MR) is 45.1 cm³/mol. The molecule has 0 saturated heterocycles. The lowest BCUT2D eigenvalue weighted by Gasteiger charge is -2.04. The van der Waals surface area contributed by atoms with Crippen molar-refractivity contribution in [2.75, 3.05) is 0 Å². The van der Waals surface area contributed by atoms with E-state index >= 15 is 0 Å². The quantitative estimate of drug-likeness (QED) is 0.610. The van der Waals surface area contributed by atoms with Crippen molar-refractivity contribution in [2.45, 2.75) is 32.6 Å². The molecule has 1 aliphatic rings. The van der Waals surface area contributed by atoms with Crippen LogP contribution in [0.1, 0.15) is 32.6 Å². The van der Waals surface area contributed by atoms with Gasteiger partial charge in [-0.15, -0.1) is 12.6 Å². The van der Waals surface area contributed by atoms with Gasteiger partial charge in [0.25, 0.3) is 0 Å². The van der Waals surface area contributed by atoms with Crippen LogP contribution < -0.4 is 0 Å². The third kappa shape index (κ3) is 2.33. The largest absolute Gasteiger partial charge is 0.287 e. The van der Waals surface area contributed by atoms with Crippen LogP contribution in [0, 0.1) is 11.8 Å². The number of rotatable bonds is 2. The minimum Gasteiger partial charge on any atom is -0.287 e. The highest BCUT2D eigenvalue weighted by Gasteiger charge is 2.22. The Labute approximate surface area is 67.6 Å². The Morgan fingerprint density at radius 3 is 2.70 bits per heavy atom. The summed E-state index contributed by atoms with van der Waals surface area (Å²) in [7, 11) is 0. The van der Waals surface area contributed by atoms with E-state index in [1.165, 1.54) is 19.3 Å². The first-order valence-electron chi connectivity index (χ1n) is 3.90. The number of carbonyl (C=O) groups excluding carboxylic acids is 1. The van der Waals surface area contributed by atoms with Gasteiger partial charge in [-0.3, -0.25) is 4.79 Å². The summed E-state index contributed by atoms with van der Waals surface area (Å²) in [6.07, 6.45) is 4.44. The third-order valence-corrected chi connectivity index (χ3v) is 2.45. The average Bonchev–Trinajstić information content (AvgIpc) is 2.13. The zero-order valence-corrected chi connectivity index (χ0v) is 7.23. The lowest BCUT2D eigenvalue weighted by molar-refractivity contribution is -0.111. The van der Waals surface area contributed by atoms with E-state index in [2.05, 4.69) is 19.6 Å². The van der Waals surface area contributed by atoms with Gasteiger partial charge in [0.15, 0.2) is 5.12 Å². The third-order valence-electron chi connectivity index (χ3n) is 2.27. The Kier molecular flexibility index (Phi) is 2.78. The van der Waals surface area contributed by atoms with Crippen molar-refractivity contribution in [1.29, 1.82) is 0 Å². The highest BCUT2D eigenvalue weighted by Crippen LogP contribution is 2.32. The average molecular weight is 158 g/mol. The van der Waals surface area contributed by atoms with Crippen LogP contribution in [0.2, 0.25) is 0 Å². The van der Waals surface area contributed by atoms with Gasteiger partial charge in [0.1, 0.15) is 0 Å². The molecule has 0 amide bonds. The summed E-state index contributed by atoms with van der Waals surface area (Å²) in [6.45, 7) is 2.25. The molecule has 2 heteroatoms. The zero-order chi connectivity index (χ0) is 7.56. The first-order chi connectivity index (χ1) is 4.68. The second kappa shape index (κ2) is 3.42. The molecule has 0 bridgehead atoms. The fourth-order valence-corrected chi connectivity index (χ4v) is 2.02. The van der Waals surface area contributed by atoms with E-state index in [1.807, 2.05) is 0 Å². The molecule has 0 aromatic carbocycles. The summed E-state index contributed by atoms with van der Waals surface area (Å²) in [5, 5.41) is 0.0547. The zero-order valence-electron chi connectivity index (χ0n) is 6.34. The number of hydrogen-bond donors (Lipinski definition) is 1. The molecule has 0 aliphatic heterocycles. The molecular weight excluding hydrogens is 144 g/mol. The van der Waals surface area contributed by atoms with Crippen molar-refractivity contribution in [1.82, 2.24) is 0 Å². The van der Waals surface area contributed by atoms with Gasteiger partial charge in [-0.25, -0.2) is 0 Å². The van der Waals surface area contributed by atoms with Crippen molar-refractivity contribution in [3.63, 3.8) is 0 Å². The number of carbonyl (C=O) groups is 1. The van der Waals surface area contributed by atoms with Gasteiger partial charge in [-0.05, 0) is 24.7 Å². The fourth-order valence-electron chi connectivity index (χ4n) is 1.76. The second-order valence-corrected chi connectivity index (χ2v) is 3.88. The molecule has 1 rings (SSSR count). The summed E-state index contributed by atoms with van der Waals surface area (Å²) in [5.41, 5.74) is 0. The molecule has 1 aliphatic carbocycles. The Morgan fingerprint density at radius 2 is 2.30 bits per heavy atom. The van der Waals surface area contributed by atoms with E-state index in [-0.39, 0.29) is 5.12 Å². The normalized spacial score (nSPS) is 32.6. The van der Waals surface area contributed by atoms with Gasteiger partial charge < -0.3 is 0 Å². The Hall–Kier alpha value is 0.0200. The summed E-state index contributed by atoms with van der Waals surface area (Å²) in [6, 6.07) is 0. The molecule has 0 radical (unpaired) electrons.